The van der Waals surface area contributed by atoms with Crippen molar-refractivity contribution < 1.29 is 0 Å². The predicted molar refractivity (Wildman–Crippen MR) is 76.4 cm³/mol. The molecule has 0 atom stereocenters. The third kappa shape index (κ3) is 2.40. The first-order valence-corrected chi connectivity index (χ1v) is 6.94. The van der Waals surface area contributed by atoms with E-state index in [1.165, 1.54) is 12.8 Å². The Kier molecular flexibility index (Phi) is 3.34. The molecule has 2 aromatic rings. The molecule has 0 N–H and O–H groups in total. The zero-order chi connectivity index (χ0) is 13.2. The highest BCUT2D eigenvalue weighted by molar-refractivity contribution is 5.77. The second-order valence-corrected chi connectivity index (χ2v) is 5.18. The number of hydrogen-bond donors (Lipinski definition) is 0. The van der Waals surface area contributed by atoms with Gasteiger partial charge in [0, 0.05) is 13.1 Å². The van der Waals surface area contributed by atoms with Crippen LogP contribution in [-0.2, 0) is 6.54 Å². The molecule has 4 heteroatoms. The van der Waals surface area contributed by atoms with Gasteiger partial charge in [-0.25, -0.2) is 4.98 Å². The van der Waals surface area contributed by atoms with Gasteiger partial charge in [-0.2, -0.15) is 0 Å². The van der Waals surface area contributed by atoms with Gasteiger partial charge in [0.25, 0.3) is 5.56 Å². The number of benzene rings is 1. The fourth-order valence-corrected chi connectivity index (χ4v) is 2.79. The van der Waals surface area contributed by atoms with Gasteiger partial charge in [0.05, 0.1) is 10.9 Å². The van der Waals surface area contributed by atoms with Crippen LogP contribution in [-0.4, -0.2) is 34.1 Å². The van der Waals surface area contributed by atoms with Crippen molar-refractivity contribution in [2.45, 2.75) is 26.3 Å². The molecule has 100 valence electrons. The van der Waals surface area contributed by atoms with Gasteiger partial charge < -0.3 is 4.90 Å². The minimum Gasteiger partial charge on any atom is -0.302 e. The molecule has 0 unspecified atom stereocenters. The largest absolute Gasteiger partial charge is 0.302 e. The van der Waals surface area contributed by atoms with Crippen LogP contribution in [0, 0.1) is 6.92 Å². The van der Waals surface area contributed by atoms with Gasteiger partial charge in [-0.3, -0.25) is 9.36 Å². The van der Waals surface area contributed by atoms with Crippen molar-refractivity contribution in [3.05, 3.63) is 40.4 Å². The van der Waals surface area contributed by atoms with Gasteiger partial charge in [0.1, 0.15) is 5.82 Å². The smallest absolute Gasteiger partial charge is 0.261 e. The monoisotopic (exact) mass is 257 g/mol. The summed E-state index contributed by atoms with van der Waals surface area (Å²) in [7, 11) is 0. The molecule has 0 saturated carbocycles. The fraction of sp³-hybridized carbons (Fsp3) is 0.467. The van der Waals surface area contributed by atoms with Crippen molar-refractivity contribution in [1.29, 1.82) is 0 Å². The van der Waals surface area contributed by atoms with E-state index < -0.39 is 0 Å². The Bertz CT molecular complexity index is 641. The standard InChI is InChI=1S/C15H19N3O/c1-12-16-14-7-3-2-6-13(14)15(19)18(12)11-10-17-8-4-5-9-17/h2-3,6-7H,4-5,8-11H2,1H3. The minimum absolute atomic E-state index is 0.0855. The van der Waals surface area contributed by atoms with Gasteiger partial charge in [-0.15, -0.1) is 0 Å². The molecular weight excluding hydrogens is 238 g/mol. The fourth-order valence-electron chi connectivity index (χ4n) is 2.79. The van der Waals surface area contributed by atoms with Crippen molar-refractivity contribution in [1.82, 2.24) is 14.5 Å². The number of aromatic nitrogens is 2. The summed E-state index contributed by atoms with van der Waals surface area (Å²) >= 11 is 0. The predicted octanol–water partition coefficient (Wildman–Crippen LogP) is 1.80. The molecule has 19 heavy (non-hydrogen) atoms. The number of nitrogens with zero attached hydrogens (tertiary/aromatic N) is 3. The van der Waals surface area contributed by atoms with E-state index in [-0.39, 0.29) is 5.56 Å². The van der Waals surface area contributed by atoms with Gasteiger partial charge in [0.2, 0.25) is 0 Å². The zero-order valence-corrected chi connectivity index (χ0v) is 11.3. The Morgan fingerprint density at radius 1 is 1.16 bits per heavy atom. The molecule has 1 aromatic carbocycles. The lowest BCUT2D eigenvalue weighted by Gasteiger charge is -2.17. The van der Waals surface area contributed by atoms with Gasteiger partial charge in [-0.1, -0.05) is 12.1 Å². The Morgan fingerprint density at radius 3 is 2.68 bits per heavy atom. The van der Waals surface area contributed by atoms with Crippen molar-refractivity contribution >= 4 is 10.9 Å². The third-order valence-corrected chi connectivity index (χ3v) is 3.89. The van der Waals surface area contributed by atoms with Crippen LogP contribution >= 0.6 is 0 Å². The Morgan fingerprint density at radius 2 is 1.89 bits per heavy atom. The van der Waals surface area contributed by atoms with Crippen LogP contribution < -0.4 is 5.56 Å². The summed E-state index contributed by atoms with van der Waals surface area (Å²) in [6.07, 6.45) is 2.56. The lowest BCUT2D eigenvalue weighted by Crippen LogP contribution is -2.31. The van der Waals surface area contributed by atoms with E-state index in [4.69, 9.17) is 0 Å². The molecule has 0 bridgehead atoms. The lowest BCUT2D eigenvalue weighted by atomic mass is 10.2. The molecular formula is C15H19N3O. The summed E-state index contributed by atoms with van der Waals surface area (Å²) in [5.74, 6) is 0.808. The van der Waals surface area contributed by atoms with E-state index in [9.17, 15) is 4.79 Å². The molecule has 1 aromatic heterocycles. The molecule has 3 rings (SSSR count). The average molecular weight is 257 g/mol. The van der Waals surface area contributed by atoms with Gasteiger partial charge in [0.15, 0.2) is 0 Å². The van der Waals surface area contributed by atoms with E-state index in [1.54, 1.807) is 4.57 Å². The van der Waals surface area contributed by atoms with E-state index in [0.717, 1.165) is 42.9 Å². The van der Waals surface area contributed by atoms with Crippen molar-refractivity contribution in [3.63, 3.8) is 0 Å². The molecule has 0 radical (unpaired) electrons. The van der Waals surface area contributed by atoms with E-state index in [2.05, 4.69) is 9.88 Å². The molecule has 1 fully saturated rings. The minimum atomic E-state index is 0.0855. The topological polar surface area (TPSA) is 38.1 Å². The summed E-state index contributed by atoms with van der Waals surface area (Å²) in [5.41, 5.74) is 0.879. The van der Waals surface area contributed by atoms with Crippen LogP contribution in [0.1, 0.15) is 18.7 Å². The first-order chi connectivity index (χ1) is 9.25. The van der Waals surface area contributed by atoms with Crippen LogP contribution in [0.4, 0.5) is 0 Å². The van der Waals surface area contributed by atoms with Crippen molar-refractivity contribution in [2.75, 3.05) is 19.6 Å². The normalized spacial score (nSPS) is 16.3. The summed E-state index contributed by atoms with van der Waals surface area (Å²) in [5, 5.41) is 0.717. The lowest BCUT2D eigenvalue weighted by molar-refractivity contribution is 0.319. The van der Waals surface area contributed by atoms with Crippen LogP contribution in [0.3, 0.4) is 0 Å². The Labute approximate surface area is 112 Å². The van der Waals surface area contributed by atoms with Crippen molar-refractivity contribution in [2.24, 2.45) is 0 Å². The SMILES string of the molecule is Cc1nc2ccccc2c(=O)n1CCN1CCCC1. The Hall–Kier alpha value is -1.68. The van der Waals surface area contributed by atoms with Crippen molar-refractivity contribution in [3.8, 4) is 0 Å². The first-order valence-electron chi connectivity index (χ1n) is 6.94. The zero-order valence-electron chi connectivity index (χ0n) is 11.3. The average Bonchev–Trinajstić information content (AvgIpc) is 2.92. The molecule has 1 aliphatic heterocycles. The molecule has 0 aliphatic carbocycles. The second kappa shape index (κ2) is 5.13. The Balaban J connectivity index is 1.91. The highest BCUT2D eigenvalue weighted by Crippen LogP contribution is 2.09. The second-order valence-electron chi connectivity index (χ2n) is 5.18. The van der Waals surface area contributed by atoms with Gasteiger partial charge >= 0.3 is 0 Å². The summed E-state index contributed by atoms with van der Waals surface area (Å²) < 4.78 is 1.81. The number of fused-ring (bicyclic) bond motifs is 1. The maximum atomic E-state index is 12.5. The van der Waals surface area contributed by atoms with E-state index in [0.29, 0.717) is 0 Å². The molecule has 4 nitrogen and oxygen atoms in total. The third-order valence-electron chi connectivity index (χ3n) is 3.89. The molecule has 1 saturated heterocycles. The van der Waals surface area contributed by atoms with E-state index in [1.807, 2.05) is 31.2 Å². The maximum Gasteiger partial charge on any atom is 0.261 e. The molecule has 0 amide bonds. The summed E-state index contributed by atoms with van der Waals surface area (Å²) in [6, 6.07) is 7.57. The number of aryl methyl sites for hydroxylation is 1. The highest BCUT2D eigenvalue weighted by atomic mass is 16.1. The maximum absolute atomic E-state index is 12.5. The molecule has 2 heterocycles. The van der Waals surface area contributed by atoms with Crippen LogP contribution in [0.5, 0.6) is 0 Å². The number of hydrogen-bond acceptors (Lipinski definition) is 3. The summed E-state index contributed by atoms with van der Waals surface area (Å²) in [4.78, 5) is 19.4. The van der Waals surface area contributed by atoms with Crippen LogP contribution in [0.25, 0.3) is 10.9 Å². The first kappa shape index (κ1) is 12.4. The molecule has 1 aliphatic rings. The van der Waals surface area contributed by atoms with Crippen LogP contribution in [0.2, 0.25) is 0 Å². The quantitative estimate of drug-likeness (QED) is 0.841. The summed E-state index contributed by atoms with van der Waals surface area (Å²) in [6.45, 7) is 5.92. The number of para-hydroxylation sites is 1. The van der Waals surface area contributed by atoms with Gasteiger partial charge in [-0.05, 0) is 45.0 Å². The van der Waals surface area contributed by atoms with E-state index >= 15 is 0 Å². The molecule has 0 spiro atoms. The van der Waals surface area contributed by atoms with Crippen LogP contribution in [0.15, 0.2) is 29.1 Å². The number of rotatable bonds is 3. The highest BCUT2D eigenvalue weighted by Gasteiger charge is 2.13. The number of likely N-dealkylation sites (tertiary alicyclic amines) is 1.